The molecule has 1 aromatic rings. The van der Waals surface area contributed by atoms with E-state index in [0.717, 1.165) is 18.2 Å². The highest BCUT2D eigenvalue weighted by Gasteiger charge is 2.31. The second-order valence-electron chi connectivity index (χ2n) is 2.90. The molecule has 1 aromatic carbocycles. The summed E-state index contributed by atoms with van der Waals surface area (Å²) >= 11 is 0. The molecule has 0 radical (unpaired) electrons. The van der Waals surface area contributed by atoms with Crippen LogP contribution in [0.4, 0.5) is 22.0 Å². The molecular formula is C9H7F5O2. The highest BCUT2D eigenvalue weighted by atomic mass is 19.4. The van der Waals surface area contributed by atoms with E-state index in [9.17, 15) is 22.0 Å². The van der Waals surface area contributed by atoms with Crippen LogP contribution in [0.2, 0.25) is 0 Å². The van der Waals surface area contributed by atoms with Crippen molar-refractivity contribution in [3.63, 3.8) is 0 Å². The van der Waals surface area contributed by atoms with Crippen LogP contribution in [0.5, 0.6) is 5.75 Å². The standard InChI is InChI=1S/C9H7F5O2/c10-8(11)7(15)5-2-1-3-6(4-5)16-9(12,13)14/h1-4,7-8,15H. The van der Waals surface area contributed by atoms with Gasteiger partial charge < -0.3 is 9.84 Å². The van der Waals surface area contributed by atoms with Gasteiger partial charge in [0.2, 0.25) is 0 Å². The molecule has 0 aliphatic rings. The molecule has 2 nitrogen and oxygen atoms in total. The Morgan fingerprint density at radius 3 is 2.31 bits per heavy atom. The van der Waals surface area contributed by atoms with Crippen molar-refractivity contribution in [3.05, 3.63) is 29.8 Å². The molecule has 0 spiro atoms. The largest absolute Gasteiger partial charge is 0.573 e. The van der Waals surface area contributed by atoms with Gasteiger partial charge in [0, 0.05) is 0 Å². The van der Waals surface area contributed by atoms with Gasteiger partial charge in [0.05, 0.1) is 0 Å². The normalized spacial score (nSPS) is 13.9. The Morgan fingerprint density at radius 1 is 1.19 bits per heavy atom. The second-order valence-corrected chi connectivity index (χ2v) is 2.90. The smallest absolute Gasteiger partial charge is 0.406 e. The Hall–Kier alpha value is -1.37. The number of alkyl halides is 5. The van der Waals surface area contributed by atoms with Gasteiger partial charge in [-0.2, -0.15) is 0 Å². The second kappa shape index (κ2) is 4.65. The molecule has 16 heavy (non-hydrogen) atoms. The Bertz CT molecular complexity index is 350. The minimum atomic E-state index is -4.89. The summed E-state index contributed by atoms with van der Waals surface area (Å²) in [5, 5.41) is 8.93. The first-order valence-corrected chi connectivity index (χ1v) is 4.11. The molecule has 0 fully saturated rings. The maximum absolute atomic E-state index is 12.1. The quantitative estimate of drug-likeness (QED) is 0.826. The van der Waals surface area contributed by atoms with E-state index in [2.05, 4.69) is 4.74 Å². The topological polar surface area (TPSA) is 29.5 Å². The van der Waals surface area contributed by atoms with E-state index in [-0.39, 0.29) is 5.56 Å². The lowest BCUT2D eigenvalue weighted by Crippen LogP contribution is -2.17. The zero-order valence-corrected chi connectivity index (χ0v) is 7.71. The van der Waals surface area contributed by atoms with Crippen molar-refractivity contribution in [1.29, 1.82) is 0 Å². The molecule has 0 bridgehead atoms. The van der Waals surface area contributed by atoms with Gasteiger partial charge in [-0.3, -0.25) is 0 Å². The van der Waals surface area contributed by atoms with E-state index < -0.39 is 24.6 Å². The highest BCUT2D eigenvalue weighted by molar-refractivity contribution is 5.30. The van der Waals surface area contributed by atoms with Crippen molar-refractivity contribution in [2.24, 2.45) is 0 Å². The molecule has 0 saturated carbocycles. The number of benzene rings is 1. The number of hydrogen-bond donors (Lipinski definition) is 1. The summed E-state index contributed by atoms with van der Waals surface area (Å²) in [6.07, 6.45) is -10.1. The lowest BCUT2D eigenvalue weighted by atomic mass is 10.1. The van der Waals surface area contributed by atoms with E-state index in [1.165, 1.54) is 0 Å². The molecule has 1 atom stereocenters. The minimum Gasteiger partial charge on any atom is -0.406 e. The van der Waals surface area contributed by atoms with E-state index in [1.807, 2.05) is 0 Å². The summed E-state index contributed by atoms with van der Waals surface area (Å²) < 4.78 is 63.1. The van der Waals surface area contributed by atoms with Gasteiger partial charge in [-0.1, -0.05) is 12.1 Å². The fourth-order valence-corrected chi connectivity index (χ4v) is 1.04. The number of hydrogen-bond acceptors (Lipinski definition) is 2. The van der Waals surface area contributed by atoms with Gasteiger partial charge in [-0.25, -0.2) is 8.78 Å². The predicted molar refractivity (Wildman–Crippen MR) is 44.1 cm³/mol. The molecule has 90 valence electrons. The van der Waals surface area contributed by atoms with Crippen LogP contribution in [0.15, 0.2) is 24.3 Å². The van der Waals surface area contributed by atoms with Crippen molar-refractivity contribution in [1.82, 2.24) is 0 Å². The Morgan fingerprint density at radius 2 is 1.81 bits per heavy atom. The molecule has 0 aliphatic carbocycles. The summed E-state index contributed by atoms with van der Waals surface area (Å²) in [7, 11) is 0. The molecule has 1 rings (SSSR count). The average molecular weight is 242 g/mol. The Balaban J connectivity index is 2.87. The van der Waals surface area contributed by atoms with E-state index in [4.69, 9.17) is 5.11 Å². The zero-order valence-electron chi connectivity index (χ0n) is 7.71. The molecule has 0 heterocycles. The third kappa shape index (κ3) is 3.65. The third-order valence-corrected chi connectivity index (χ3v) is 1.67. The van der Waals surface area contributed by atoms with E-state index >= 15 is 0 Å². The Kier molecular flexibility index (Phi) is 3.69. The van der Waals surface area contributed by atoms with E-state index in [0.29, 0.717) is 6.07 Å². The van der Waals surface area contributed by atoms with Crippen LogP contribution >= 0.6 is 0 Å². The van der Waals surface area contributed by atoms with Crippen LogP contribution < -0.4 is 4.74 Å². The fourth-order valence-electron chi connectivity index (χ4n) is 1.04. The molecule has 7 heteroatoms. The summed E-state index contributed by atoms with van der Waals surface area (Å²) in [4.78, 5) is 0. The average Bonchev–Trinajstić information content (AvgIpc) is 2.14. The molecular weight excluding hydrogens is 235 g/mol. The lowest BCUT2D eigenvalue weighted by molar-refractivity contribution is -0.274. The van der Waals surface area contributed by atoms with Crippen LogP contribution in [-0.4, -0.2) is 17.9 Å². The monoisotopic (exact) mass is 242 g/mol. The molecule has 0 amide bonds. The molecule has 1 N–H and O–H groups in total. The molecule has 0 aromatic heterocycles. The summed E-state index contributed by atoms with van der Waals surface area (Å²) in [5.74, 6) is -0.648. The van der Waals surface area contributed by atoms with Gasteiger partial charge >= 0.3 is 6.36 Å². The number of rotatable bonds is 3. The number of halogens is 5. The first kappa shape index (κ1) is 12.7. The number of aliphatic hydroxyl groups excluding tert-OH is 1. The highest BCUT2D eigenvalue weighted by Crippen LogP contribution is 2.27. The fraction of sp³-hybridized carbons (Fsp3) is 0.333. The van der Waals surface area contributed by atoms with Crippen LogP contribution in [-0.2, 0) is 0 Å². The Labute approximate surface area is 87.3 Å². The predicted octanol–water partition coefficient (Wildman–Crippen LogP) is 2.88. The van der Waals surface area contributed by atoms with Crippen molar-refractivity contribution >= 4 is 0 Å². The third-order valence-electron chi connectivity index (χ3n) is 1.67. The van der Waals surface area contributed by atoms with Gasteiger partial charge in [0.1, 0.15) is 11.9 Å². The first-order valence-electron chi connectivity index (χ1n) is 4.11. The lowest BCUT2D eigenvalue weighted by Gasteiger charge is -2.12. The molecule has 0 aliphatic heterocycles. The van der Waals surface area contributed by atoms with Crippen molar-refractivity contribution in [2.45, 2.75) is 18.9 Å². The van der Waals surface area contributed by atoms with E-state index in [1.54, 1.807) is 0 Å². The summed E-state index contributed by atoms with van der Waals surface area (Å²) in [5.41, 5.74) is -0.336. The molecule has 1 unspecified atom stereocenters. The first-order chi connectivity index (χ1) is 7.29. The van der Waals surface area contributed by atoms with Gasteiger partial charge in [-0.15, -0.1) is 13.2 Å². The maximum Gasteiger partial charge on any atom is 0.573 e. The van der Waals surface area contributed by atoms with Gasteiger partial charge in [-0.05, 0) is 17.7 Å². The molecule has 0 saturated heterocycles. The maximum atomic E-state index is 12.1. The van der Waals surface area contributed by atoms with Crippen LogP contribution in [0.1, 0.15) is 11.7 Å². The van der Waals surface area contributed by atoms with Gasteiger partial charge in [0.25, 0.3) is 6.43 Å². The van der Waals surface area contributed by atoms with Crippen molar-refractivity contribution in [2.75, 3.05) is 0 Å². The number of aliphatic hydroxyl groups is 1. The van der Waals surface area contributed by atoms with Crippen molar-refractivity contribution < 1.29 is 31.8 Å². The van der Waals surface area contributed by atoms with Crippen molar-refractivity contribution in [3.8, 4) is 5.75 Å². The SMILES string of the molecule is OC(c1cccc(OC(F)(F)F)c1)C(F)F. The summed E-state index contributed by atoms with van der Waals surface area (Å²) in [6.45, 7) is 0. The van der Waals surface area contributed by atoms with Gasteiger partial charge in [0.15, 0.2) is 0 Å². The van der Waals surface area contributed by atoms with Crippen LogP contribution in [0, 0.1) is 0 Å². The van der Waals surface area contributed by atoms with Crippen LogP contribution in [0.25, 0.3) is 0 Å². The number of ether oxygens (including phenoxy) is 1. The minimum absolute atomic E-state index is 0.336. The zero-order chi connectivity index (χ0) is 12.3. The van der Waals surface area contributed by atoms with Crippen LogP contribution in [0.3, 0.4) is 0 Å². The summed E-state index contributed by atoms with van der Waals surface area (Å²) in [6, 6.07) is 3.83.